The van der Waals surface area contributed by atoms with Crippen molar-refractivity contribution in [2.24, 2.45) is 4.99 Å². The Balaban J connectivity index is 1.60. The van der Waals surface area contributed by atoms with Crippen molar-refractivity contribution in [2.45, 2.75) is 52.3 Å². The maximum atomic E-state index is 13.7. The van der Waals surface area contributed by atoms with Crippen LogP contribution in [0.5, 0.6) is 0 Å². The van der Waals surface area contributed by atoms with Crippen LogP contribution in [0, 0.1) is 5.82 Å². The van der Waals surface area contributed by atoms with Gasteiger partial charge in [0.25, 0.3) is 5.91 Å². The fraction of sp³-hybridized carbons (Fsp3) is 0.300. The summed E-state index contributed by atoms with van der Waals surface area (Å²) in [6.45, 7) is 9.66. The number of amides is 1. The standard InChI is InChI=1S/C30H31FN4O2/c1-19(2)27-26(28(36)33-16-20-8-11-22(31)12-9-20)24-13-10-21(29-34-18-30(3,4)37-29)15-25(24)35(27)17-23-7-5-6-14-32-23/h5-15,19H,16-18H2,1-4H3,(H,33,36). The summed E-state index contributed by atoms with van der Waals surface area (Å²) >= 11 is 0. The second kappa shape index (κ2) is 9.81. The molecule has 2 aromatic carbocycles. The predicted octanol–water partition coefficient (Wildman–Crippen LogP) is 5.83. The largest absolute Gasteiger partial charge is 0.469 e. The van der Waals surface area contributed by atoms with E-state index in [1.807, 2.05) is 44.2 Å². The minimum Gasteiger partial charge on any atom is -0.469 e. The minimum atomic E-state index is -0.339. The highest BCUT2D eigenvalue weighted by Crippen LogP contribution is 2.34. The lowest BCUT2D eigenvalue weighted by atomic mass is 10.0. The van der Waals surface area contributed by atoms with E-state index >= 15 is 0 Å². The quantitative estimate of drug-likeness (QED) is 0.348. The highest BCUT2D eigenvalue weighted by molar-refractivity contribution is 6.10. The SMILES string of the molecule is CC(C)c1c(C(=O)NCc2ccc(F)cc2)c2ccc(C3=NCC(C)(C)O3)cc2n1Cc1ccccn1. The van der Waals surface area contributed by atoms with Crippen LogP contribution in [0.1, 0.15) is 66.5 Å². The molecular weight excluding hydrogens is 467 g/mol. The zero-order valence-electron chi connectivity index (χ0n) is 21.6. The van der Waals surface area contributed by atoms with Crippen LogP contribution in [0.3, 0.4) is 0 Å². The first-order valence-electron chi connectivity index (χ1n) is 12.5. The van der Waals surface area contributed by atoms with Crippen molar-refractivity contribution in [1.29, 1.82) is 0 Å². The number of nitrogens with one attached hydrogen (secondary N) is 1. The predicted molar refractivity (Wildman–Crippen MR) is 144 cm³/mol. The average molecular weight is 499 g/mol. The van der Waals surface area contributed by atoms with Crippen molar-refractivity contribution < 1.29 is 13.9 Å². The molecule has 0 saturated heterocycles. The lowest BCUT2D eigenvalue weighted by Gasteiger charge is -2.17. The van der Waals surface area contributed by atoms with Crippen LogP contribution in [0.25, 0.3) is 10.9 Å². The van der Waals surface area contributed by atoms with Crippen LogP contribution in [-0.4, -0.2) is 33.5 Å². The van der Waals surface area contributed by atoms with Gasteiger partial charge >= 0.3 is 0 Å². The first-order chi connectivity index (χ1) is 17.7. The van der Waals surface area contributed by atoms with Crippen LogP contribution < -0.4 is 5.32 Å². The Bertz CT molecular complexity index is 1470. The second-order valence-corrected chi connectivity index (χ2v) is 10.3. The van der Waals surface area contributed by atoms with Gasteiger partial charge in [-0.15, -0.1) is 0 Å². The molecule has 4 aromatic rings. The Morgan fingerprint density at radius 2 is 1.92 bits per heavy atom. The Hall–Kier alpha value is -4.00. The van der Waals surface area contributed by atoms with Gasteiger partial charge in [-0.3, -0.25) is 9.78 Å². The maximum Gasteiger partial charge on any atom is 0.254 e. The van der Waals surface area contributed by atoms with Crippen LogP contribution in [0.4, 0.5) is 4.39 Å². The Morgan fingerprint density at radius 3 is 2.57 bits per heavy atom. The number of carbonyl (C=O) groups excluding carboxylic acids is 1. The number of benzene rings is 2. The number of fused-ring (bicyclic) bond motifs is 1. The van der Waals surface area contributed by atoms with Gasteiger partial charge in [0.05, 0.1) is 29.9 Å². The molecule has 0 bridgehead atoms. The summed E-state index contributed by atoms with van der Waals surface area (Å²) in [4.78, 5) is 22.8. The average Bonchev–Trinajstić information content (AvgIpc) is 3.41. The first kappa shape index (κ1) is 24.7. The molecule has 0 radical (unpaired) electrons. The summed E-state index contributed by atoms with van der Waals surface area (Å²) < 4.78 is 21.6. The zero-order chi connectivity index (χ0) is 26.2. The van der Waals surface area contributed by atoms with Gasteiger partial charge < -0.3 is 14.6 Å². The molecular formula is C30H31FN4O2. The molecule has 2 aromatic heterocycles. The number of hydrogen-bond acceptors (Lipinski definition) is 4. The number of pyridine rings is 1. The molecule has 6 nitrogen and oxygen atoms in total. The number of nitrogens with zero attached hydrogens (tertiary/aromatic N) is 3. The van der Waals surface area contributed by atoms with Crippen LogP contribution >= 0.6 is 0 Å². The maximum absolute atomic E-state index is 13.7. The summed E-state index contributed by atoms with van der Waals surface area (Å²) in [5.41, 5.74) is 4.78. The van der Waals surface area contributed by atoms with Crippen molar-refractivity contribution in [1.82, 2.24) is 14.9 Å². The van der Waals surface area contributed by atoms with E-state index in [1.165, 1.54) is 12.1 Å². The first-order valence-corrected chi connectivity index (χ1v) is 12.5. The van der Waals surface area contributed by atoms with Crippen LogP contribution in [-0.2, 0) is 17.8 Å². The highest BCUT2D eigenvalue weighted by atomic mass is 19.1. The molecule has 7 heteroatoms. The minimum absolute atomic E-state index is 0.0742. The van der Waals surface area contributed by atoms with E-state index in [-0.39, 0.29) is 23.2 Å². The molecule has 0 fully saturated rings. The molecule has 1 amide bonds. The summed E-state index contributed by atoms with van der Waals surface area (Å²) in [6, 6.07) is 18.0. The monoisotopic (exact) mass is 498 g/mol. The van der Waals surface area contributed by atoms with E-state index < -0.39 is 0 Å². The summed E-state index contributed by atoms with van der Waals surface area (Å²) in [5.74, 6) is 0.224. The zero-order valence-corrected chi connectivity index (χ0v) is 21.6. The molecule has 0 spiro atoms. The topological polar surface area (TPSA) is 68.5 Å². The van der Waals surface area contributed by atoms with Crippen LogP contribution in [0.15, 0.2) is 71.9 Å². The molecule has 1 N–H and O–H groups in total. The van der Waals surface area contributed by atoms with Gasteiger partial charge in [0, 0.05) is 29.4 Å². The van der Waals surface area contributed by atoms with Gasteiger partial charge in [0.15, 0.2) is 0 Å². The number of hydrogen-bond donors (Lipinski definition) is 1. The van der Waals surface area contributed by atoms with Crippen molar-refractivity contribution in [3.8, 4) is 0 Å². The lowest BCUT2D eigenvalue weighted by molar-refractivity contribution is 0.0951. The van der Waals surface area contributed by atoms with E-state index in [0.717, 1.165) is 33.4 Å². The molecule has 190 valence electrons. The highest BCUT2D eigenvalue weighted by Gasteiger charge is 2.30. The number of aliphatic imine (C=N–C) groups is 1. The Morgan fingerprint density at radius 1 is 1.14 bits per heavy atom. The smallest absolute Gasteiger partial charge is 0.254 e. The Labute approximate surface area is 216 Å². The van der Waals surface area contributed by atoms with E-state index in [4.69, 9.17) is 4.74 Å². The van der Waals surface area contributed by atoms with E-state index in [2.05, 4.69) is 39.8 Å². The van der Waals surface area contributed by atoms with E-state index in [0.29, 0.717) is 31.1 Å². The van der Waals surface area contributed by atoms with E-state index in [1.54, 1.807) is 18.3 Å². The van der Waals surface area contributed by atoms with Gasteiger partial charge in [-0.05, 0) is 61.7 Å². The molecule has 3 heterocycles. The third kappa shape index (κ3) is 5.12. The molecule has 0 aliphatic carbocycles. The molecule has 5 rings (SSSR count). The van der Waals surface area contributed by atoms with Crippen LogP contribution in [0.2, 0.25) is 0 Å². The van der Waals surface area contributed by atoms with Crippen molar-refractivity contribution in [3.05, 3.63) is 101 Å². The fourth-order valence-electron chi connectivity index (χ4n) is 4.78. The molecule has 0 saturated carbocycles. The number of rotatable bonds is 7. The van der Waals surface area contributed by atoms with Crippen molar-refractivity contribution in [3.63, 3.8) is 0 Å². The van der Waals surface area contributed by atoms with Gasteiger partial charge in [0.2, 0.25) is 5.90 Å². The number of carbonyl (C=O) groups is 1. The van der Waals surface area contributed by atoms with Gasteiger partial charge in [-0.25, -0.2) is 9.38 Å². The number of halogens is 1. The number of aromatic nitrogens is 2. The molecule has 37 heavy (non-hydrogen) atoms. The fourth-order valence-corrected chi connectivity index (χ4v) is 4.78. The normalized spacial score (nSPS) is 14.6. The van der Waals surface area contributed by atoms with E-state index in [9.17, 15) is 9.18 Å². The molecule has 1 aliphatic heterocycles. The van der Waals surface area contributed by atoms with Crippen molar-refractivity contribution in [2.75, 3.05) is 6.54 Å². The Kier molecular flexibility index (Phi) is 6.54. The third-order valence-corrected chi connectivity index (χ3v) is 6.51. The van der Waals surface area contributed by atoms with Gasteiger partial charge in [0.1, 0.15) is 11.4 Å². The van der Waals surface area contributed by atoms with Gasteiger partial charge in [-0.1, -0.05) is 38.1 Å². The lowest BCUT2D eigenvalue weighted by Crippen LogP contribution is -2.24. The molecule has 0 unspecified atom stereocenters. The third-order valence-electron chi connectivity index (χ3n) is 6.51. The van der Waals surface area contributed by atoms with Gasteiger partial charge in [-0.2, -0.15) is 0 Å². The summed E-state index contributed by atoms with van der Waals surface area (Å²) in [6.07, 6.45) is 1.78. The molecule has 1 aliphatic rings. The number of ether oxygens (including phenoxy) is 1. The second-order valence-electron chi connectivity index (χ2n) is 10.3. The summed E-state index contributed by atoms with van der Waals surface area (Å²) in [5, 5.41) is 3.90. The molecule has 0 atom stereocenters. The summed E-state index contributed by atoms with van der Waals surface area (Å²) in [7, 11) is 0. The van der Waals surface area contributed by atoms with Crippen molar-refractivity contribution >= 4 is 22.7 Å².